The maximum absolute atomic E-state index is 13.1. The molecular formula is C14H14FNO2S. The second kappa shape index (κ2) is 5.93. The Hall–Kier alpha value is -1.75. The zero-order valence-corrected chi connectivity index (χ0v) is 11.3. The molecule has 0 aliphatic heterocycles. The van der Waals surface area contributed by atoms with Crippen molar-refractivity contribution < 1.29 is 14.3 Å². The van der Waals surface area contributed by atoms with Gasteiger partial charge in [-0.2, -0.15) is 0 Å². The summed E-state index contributed by atoms with van der Waals surface area (Å²) in [5, 5.41) is 11.4. The summed E-state index contributed by atoms with van der Waals surface area (Å²) in [6, 6.07) is 5.03. The van der Waals surface area contributed by atoms with E-state index in [1.54, 1.807) is 13.0 Å². The van der Waals surface area contributed by atoms with Gasteiger partial charge in [-0.1, -0.05) is 12.1 Å². The molecule has 0 radical (unpaired) electrons. The maximum Gasteiger partial charge on any atom is 0.303 e. The van der Waals surface area contributed by atoms with Gasteiger partial charge < -0.3 is 5.11 Å². The lowest BCUT2D eigenvalue weighted by Crippen LogP contribution is -1.98. The highest BCUT2D eigenvalue weighted by Gasteiger charge is 2.06. The summed E-state index contributed by atoms with van der Waals surface area (Å²) in [5.41, 5.74) is 2.44. The van der Waals surface area contributed by atoms with Gasteiger partial charge in [0.2, 0.25) is 0 Å². The largest absolute Gasteiger partial charge is 0.481 e. The number of hydrogen-bond acceptors (Lipinski definition) is 3. The number of aryl methyl sites for hydroxylation is 2. The number of hydrogen-bond donors (Lipinski definition) is 1. The van der Waals surface area contributed by atoms with E-state index in [1.807, 2.05) is 11.4 Å². The zero-order chi connectivity index (χ0) is 13.8. The molecular weight excluding hydrogens is 265 g/mol. The molecule has 100 valence electrons. The molecule has 1 heterocycles. The molecule has 0 aliphatic rings. The Labute approximate surface area is 114 Å². The van der Waals surface area contributed by atoms with Gasteiger partial charge >= 0.3 is 5.97 Å². The quantitative estimate of drug-likeness (QED) is 0.914. The third-order valence-corrected chi connectivity index (χ3v) is 3.67. The Balaban J connectivity index is 2.02. The number of thiazole rings is 1. The van der Waals surface area contributed by atoms with Gasteiger partial charge in [-0.3, -0.25) is 4.79 Å². The van der Waals surface area contributed by atoms with Crippen LogP contribution in [-0.4, -0.2) is 16.1 Å². The van der Waals surface area contributed by atoms with Crippen LogP contribution in [0.1, 0.15) is 28.2 Å². The number of carbonyl (C=O) groups is 1. The fourth-order valence-electron chi connectivity index (χ4n) is 1.77. The van der Waals surface area contributed by atoms with Gasteiger partial charge in [0.15, 0.2) is 0 Å². The summed E-state index contributed by atoms with van der Waals surface area (Å²) >= 11 is 1.51. The van der Waals surface area contributed by atoms with Crippen molar-refractivity contribution in [3.05, 3.63) is 51.2 Å². The molecule has 0 fully saturated rings. The predicted octanol–water partition coefficient (Wildman–Crippen LogP) is 3.20. The predicted molar refractivity (Wildman–Crippen MR) is 72.0 cm³/mol. The minimum atomic E-state index is -0.816. The highest BCUT2D eigenvalue weighted by Crippen LogP contribution is 2.17. The van der Waals surface area contributed by atoms with Crippen molar-refractivity contribution in [1.29, 1.82) is 0 Å². The Morgan fingerprint density at radius 1 is 1.47 bits per heavy atom. The third kappa shape index (κ3) is 3.86. The molecule has 0 amide bonds. The second-order valence-corrected chi connectivity index (χ2v) is 5.33. The maximum atomic E-state index is 13.1. The van der Waals surface area contributed by atoms with E-state index in [2.05, 4.69) is 4.98 Å². The van der Waals surface area contributed by atoms with E-state index in [4.69, 9.17) is 5.11 Å². The lowest BCUT2D eigenvalue weighted by atomic mass is 10.1. The van der Waals surface area contributed by atoms with Crippen LogP contribution in [-0.2, 0) is 17.6 Å². The second-order valence-electron chi connectivity index (χ2n) is 4.39. The molecule has 3 nitrogen and oxygen atoms in total. The molecule has 2 aromatic rings. The van der Waals surface area contributed by atoms with Gasteiger partial charge in [0, 0.05) is 18.2 Å². The van der Waals surface area contributed by atoms with E-state index in [0.29, 0.717) is 18.4 Å². The molecule has 0 spiro atoms. The minimum absolute atomic E-state index is 0.0961. The topological polar surface area (TPSA) is 50.2 Å². The van der Waals surface area contributed by atoms with Crippen LogP contribution in [0.2, 0.25) is 0 Å². The molecule has 2 rings (SSSR count). The zero-order valence-electron chi connectivity index (χ0n) is 10.5. The lowest BCUT2D eigenvalue weighted by Gasteiger charge is -2.01. The summed E-state index contributed by atoms with van der Waals surface area (Å²) in [4.78, 5) is 14.9. The van der Waals surface area contributed by atoms with Crippen molar-refractivity contribution in [3.63, 3.8) is 0 Å². The molecule has 1 aromatic carbocycles. The molecule has 0 atom stereocenters. The van der Waals surface area contributed by atoms with Crippen LogP contribution in [0.3, 0.4) is 0 Å². The third-order valence-electron chi connectivity index (χ3n) is 2.77. The number of aromatic nitrogens is 1. The SMILES string of the molecule is Cc1cc(Cc2nc(CCC(=O)O)cs2)ccc1F. The van der Waals surface area contributed by atoms with Crippen LogP contribution in [0.5, 0.6) is 0 Å². The van der Waals surface area contributed by atoms with E-state index < -0.39 is 5.97 Å². The van der Waals surface area contributed by atoms with Crippen LogP contribution in [0, 0.1) is 12.7 Å². The Morgan fingerprint density at radius 3 is 2.95 bits per heavy atom. The highest BCUT2D eigenvalue weighted by atomic mass is 32.1. The first-order valence-electron chi connectivity index (χ1n) is 5.94. The summed E-state index contributed by atoms with van der Waals surface area (Å²) in [6.07, 6.45) is 1.20. The van der Waals surface area contributed by atoms with E-state index in [0.717, 1.165) is 16.3 Å². The number of aliphatic carboxylic acids is 1. The fourth-order valence-corrected chi connectivity index (χ4v) is 2.63. The smallest absolute Gasteiger partial charge is 0.303 e. The fraction of sp³-hybridized carbons (Fsp3) is 0.286. The van der Waals surface area contributed by atoms with Crippen molar-refractivity contribution in [2.24, 2.45) is 0 Å². The molecule has 0 saturated heterocycles. The van der Waals surface area contributed by atoms with E-state index in [-0.39, 0.29) is 12.2 Å². The monoisotopic (exact) mass is 279 g/mol. The van der Waals surface area contributed by atoms with Gasteiger partial charge in [-0.05, 0) is 24.1 Å². The summed E-state index contributed by atoms with van der Waals surface area (Å²) in [6.45, 7) is 1.74. The number of rotatable bonds is 5. The van der Waals surface area contributed by atoms with Crippen LogP contribution >= 0.6 is 11.3 Å². The molecule has 0 unspecified atom stereocenters. The van der Waals surface area contributed by atoms with Crippen molar-refractivity contribution in [2.75, 3.05) is 0 Å². The van der Waals surface area contributed by atoms with Crippen LogP contribution in [0.15, 0.2) is 23.6 Å². The minimum Gasteiger partial charge on any atom is -0.481 e. The van der Waals surface area contributed by atoms with Gasteiger partial charge in [-0.25, -0.2) is 9.37 Å². The average molecular weight is 279 g/mol. The van der Waals surface area contributed by atoms with Gasteiger partial charge in [0.05, 0.1) is 17.1 Å². The van der Waals surface area contributed by atoms with Crippen molar-refractivity contribution >= 4 is 17.3 Å². The number of benzene rings is 1. The Bertz CT molecular complexity index is 595. The van der Waals surface area contributed by atoms with Crippen LogP contribution < -0.4 is 0 Å². The van der Waals surface area contributed by atoms with Crippen molar-refractivity contribution in [2.45, 2.75) is 26.2 Å². The number of carboxylic acid groups (broad SMARTS) is 1. The van der Waals surface area contributed by atoms with Gasteiger partial charge in [-0.15, -0.1) is 11.3 Å². The van der Waals surface area contributed by atoms with Gasteiger partial charge in [0.1, 0.15) is 5.82 Å². The Kier molecular flexibility index (Phi) is 4.27. The standard InChI is InChI=1S/C14H14FNO2S/c1-9-6-10(2-4-12(9)15)7-13-16-11(8-19-13)3-5-14(17)18/h2,4,6,8H,3,5,7H2,1H3,(H,17,18). The van der Waals surface area contributed by atoms with Gasteiger partial charge in [0.25, 0.3) is 0 Å². The van der Waals surface area contributed by atoms with Crippen molar-refractivity contribution in [3.8, 4) is 0 Å². The summed E-state index contributed by atoms with van der Waals surface area (Å²) in [7, 11) is 0. The van der Waals surface area contributed by atoms with Crippen LogP contribution in [0.4, 0.5) is 4.39 Å². The first kappa shape index (κ1) is 13.7. The van der Waals surface area contributed by atoms with E-state index in [1.165, 1.54) is 17.4 Å². The highest BCUT2D eigenvalue weighted by molar-refractivity contribution is 7.09. The molecule has 0 aliphatic carbocycles. The van der Waals surface area contributed by atoms with E-state index in [9.17, 15) is 9.18 Å². The first-order chi connectivity index (χ1) is 9.04. The molecule has 0 bridgehead atoms. The number of carboxylic acids is 1. The molecule has 0 saturated carbocycles. The van der Waals surface area contributed by atoms with E-state index >= 15 is 0 Å². The number of nitrogens with zero attached hydrogens (tertiary/aromatic N) is 1. The van der Waals surface area contributed by atoms with Crippen molar-refractivity contribution in [1.82, 2.24) is 4.98 Å². The van der Waals surface area contributed by atoms with Crippen LogP contribution in [0.25, 0.3) is 0 Å². The molecule has 1 aromatic heterocycles. The average Bonchev–Trinajstić information content (AvgIpc) is 2.79. The molecule has 1 N–H and O–H groups in total. The first-order valence-corrected chi connectivity index (χ1v) is 6.82. The summed E-state index contributed by atoms with van der Waals surface area (Å²) < 4.78 is 13.1. The normalized spacial score (nSPS) is 10.6. The molecule has 19 heavy (non-hydrogen) atoms. The number of halogens is 1. The molecule has 5 heteroatoms. The lowest BCUT2D eigenvalue weighted by molar-refractivity contribution is -0.136. The Morgan fingerprint density at radius 2 is 2.26 bits per heavy atom. The summed E-state index contributed by atoms with van der Waals surface area (Å²) in [5.74, 6) is -1.02.